The van der Waals surface area contributed by atoms with Gasteiger partial charge in [0, 0.05) is 11.6 Å². The van der Waals surface area contributed by atoms with Gasteiger partial charge in [0.15, 0.2) is 0 Å². The molecule has 4 nitrogen and oxygen atoms in total. The van der Waals surface area contributed by atoms with Gasteiger partial charge in [-0.25, -0.2) is 0 Å². The molecule has 3 atom stereocenters. The van der Waals surface area contributed by atoms with Crippen molar-refractivity contribution in [3.8, 4) is 5.75 Å². The van der Waals surface area contributed by atoms with E-state index in [1.807, 2.05) is 68.4 Å². The van der Waals surface area contributed by atoms with Gasteiger partial charge in [0.2, 0.25) is 5.91 Å². The standard InChI is InChI=1S/C19H24N2O2/c1-13(18(20)15-9-5-4-6-10-15)19(22)21-14(2)16-11-7-8-12-17(16)23-3/h4-14,18H,20H2,1-3H3,(H,21,22). The lowest BCUT2D eigenvalue weighted by Gasteiger charge is -2.23. The molecule has 0 bridgehead atoms. The quantitative estimate of drug-likeness (QED) is 0.861. The number of carbonyl (C=O) groups excluding carboxylic acids is 1. The highest BCUT2D eigenvalue weighted by Crippen LogP contribution is 2.25. The van der Waals surface area contributed by atoms with E-state index in [0.29, 0.717) is 0 Å². The van der Waals surface area contributed by atoms with Gasteiger partial charge in [-0.05, 0) is 18.6 Å². The van der Waals surface area contributed by atoms with Crippen LogP contribution in [0.2, 0.25) is 0 Å². The predicted molar refractivity (Wildman–Crippen MR) is 92.1 cm³/mol. The van der Waals surface area contributed by atoms with Crippen molar-refractivity contribution in [3.05, 3.63) is 65.7 Å². The van der Waals surface area contributed by atoms with Crippen molar-refractivity contribution in [2.45, 2.75) is 25.9 Å². The fourth-order valence-electron chi connectivity index (χ4n) is 2.57. The van der Waals surface area contributed by atoms with Gasteiger partial charge in [0.05, 0.1) is 19.1 Å². The van der Waals surface area contributed by atoms with Crippen molar-refractivity contribution < 1.29 is 9.53 Å². The van der Waals surface area contributed by atoms with Crippen LogP contribution >= 0.6 is 0 Å². The number of carbonyl (C=O) groups is 1. The summed E-state index contributed by atoms with van der Waals surface area (Å²) in [4.78, 5) is 12.5. The molecule has 0 aromatic heterocycles. The average Bonchev–Trinajstić information content (AvgIpc) is 2.60. The van der Waals surface area contributed by atoms with Gasteiger partial charge in [0.1, 0.15) is 5.75 Å². The fraction of sp³-hybridized carbons (Fsp3) is 0.316. The van der Waals surface area contributed by atoms with Crippen LogP contribution in [0.15, 0.2) is 54.6 Å². The average molecular weight is 312 g/mol. The number of hydrogen-bond acceptors (Lipinski definition) is 3. The van der Waals surface area contributed by atoms with Crippen molar-refractivity contribution in [2.75, 3.05) is 7.11 Å². The Hall–Kier alpha value is -2.33. The molecular formula is C19H24N2O2. The van der Waals surface area contributed by atoms with Crippen LogP contribution in [0.1, 0.15) is 37.1 Å². The summed E-state index contributed by atoms with van der Waals surface area (Å²) in [5.41, 5.74) is 8.13. The highest BCUT2D eigenvalue weighted by Gasteiger charge is 2.24. The number of amides is 1. The summed E-state index contributed by atoms with van der Waals surface area (Å²) in [6.45, 7) is 3.79. The third-order valence-corrected chi connectivity index (χ3v) is 4.10. The Bertz CT molecular complexity index is 643. The minimum atomic E-state index is -0.332. The molecule has 3 N–H and O–H groups in total. The number of nitrogens with two attached hydrogens (primary N) is 1. The molecule has 0 spiro atoms. The Labute approximate surface area is 137 Å². The largest absolute Gasteiger partial charge is 0.496 e. The lowest BCUT2D eigenvalue weighted by Crippen LogP contribution is -2.37. The second-order valence-corrected chi connectivity index (χ2v) is 5.70. The molecule has 3 unspecified atom stereocenters. The summed E-state index contributed by atoms with van der Waals surface area (Å²) >= 11 is 0. The van der Waals surface area contributed by atoms with Crippen LogP contribution in [0.4, 0.5) is 0 Å². The first kappa shape index (κ1) is 17.0. The van der Waals surface area contributed by atoms with E-state index < -0.39 is 0 Å². The van der Waals surface area contributed by atoms with E-state index in [1.165, 1.54) is 0 Å². The highest BCUT2D eigenvalue weighted by atomic mass is 16.5. The number of ether oxygens (including phenoxy) is 1. The van der Waals surface area contributed by atoms with Crippen LogP contribution in [0.5, 0.6) is 5.75 Å². The number of benzene rings is 2. The molecule has 0 heterocycles. The SMILES string of the molecule is COc1ccccc1C(C)NC(=O)C(C)C(N)c1ccccc1. The van der Waals surface area contributed by atoms with E-state index in [2.05, 4.69) is 5.32 Å². The normalized spacial score (nSPS) is 14.6. The Morgan fingerprint density at radius 2 is 1.65 bits per heavy atom. The third-order valence-electron chi connectivity index (χ3n) is 4.10. The maximum Gasteiger partial charge on any atom is 0.225 e. The monoisotopic (exact) mass is 312 g/mol. The van der Waals surface area contributed by atoms with Crippen molar-refractivity contribution in [3.63, 3.8) is 0 Å². The van der Waals surface area contributed by atoms with Gasteiger partial charge >= 0.3 is 0 Å². The number of hydrogen-bond donors (Lipinski definition) is 2. The molecule has 0 radical (unpaired) electrons. The minimum absolute atomic E-state index is 0.0697. The third kappa shape index (κ3) is 4.11. The first-order chi connectivity index (χ1) is 11.0. The molecule has 1 amide bonds. The summed E-state index contributed by atoms with van der Waals surface area (Å²) in [6, 6.07) is 16.9. The lowest BCUT2D eigenvalue weighted by atomic mass is 9.94. The molecule has 0 aliphatic rings. The van der Waals surface area contributed by atoms with Gasteiger partial charge < -0.3 is 15.8 Å². The van der Waals surface area contributed by atoms with Gasteiger partial charge in [0.25, 0.3) is 0 Å². The van der Waals surface area contributed by atoms with E-state index in [9.17, 15) is 4.79 Å². The Morgan fingerprint density at radius 1 is 1.04 bits per heavy atom. The number of para-hydroxylation sites is 1. The topological polar surface area (TPSA) is 64.3 Å². The first-order valence-electron chi connectivity index (χ1n) is 7.78. The fourth-order valence-corrected chi connectivity index (χ4v) is 2.57. The van der Waals surface area contributed by atoms with E-state index in [-0.39, 0.29) is 23.9 Å². The molecule has 2 aromatic rings. The zero-order valence-corrected chi connectivity index (χ0v) is 13.8. The highest BCUT2D eigenvalue weighted by molar-refractivity contribution is 5.79. The van der Waals surface area contributed by atoms with Crippen molar-refractivity contribution in [1.82, 2.24) is 5.32 Å². The number of rotatable bonds is 6. The van der Waals surface area contributed by atoms with E-state index in [1.54, 1.807) is 7.11 Å². The predicted octanol–water partition coefficient (Wildman–Crippen LogP) is 3.21. The molecule has 0 fully saturated rings. The molecule has 2 rings (SSSR count). The molecule has 122 valence electrons. The van der Waals surface area contributed by atoms with Crippen LogP contribution in [0.25, 0.3) is 0 Å². The smallest absolute Gasteiger partial charge is 0.225 e. The van der Waals surface area contributed by atoms with E-state index in [0.717, 1.165) is 16.9 Å². The van der Waals surface area contributed by atoms with Crippen molar-refractivity contribution >= 4 is 5.91 Å². The van der Waals surface area contributed by atoms with Crippen LogP contribution < -0.4 is 15.8 Å². The van der Waals surface area contributed by atoms with Gasteiger partial charge in [-0.2, -0.15) is 0 Å². The van der Waals surface area contributed by atoms with E-state index in [4.69, 9.17) is 10.5 Å². The molecule has 23 heavy (non-hydrogen) atoms. The summed E-state index contributed by atoms with van der Waals surface area (Å²) in [5, 5.41) is 3.02. The zero-order chi connectivity index (χ0) is 16.8. The molecule has 2 aromatic carbocycles. The summed E-state index contributed by atoms with van der Waals surface area (Å²) in [6.07, 6.45) is 0. The maximum atomic E-state index is 12.5. The van der Waals surface area contributed by atoms with Crippen molar-refractivity contribution in [1.29, 1.82) is 0 Å². The number of methoxy groups -OCH3 is 1. The van der Waals surface area contributed by atoms with Crippen molar-refractivity contribution in [2.24, 2.45) is 11.7 Å². The summed E-state index contributed by atoms with van der Waals surface area (Å²) in [7, 11) is 1.63. The Kier molecular flexibility index (Phi) is 5.77. The van der Waals surface area contributed by atoms with Gasteiger partial charge in [-0.1, -0.05) is 55.5 Å². The van der Waals surface area contributed by atoms with E-state index >= 15 is 0 Å². The second kappa shape index (κ2) is 7.79. The van der Waals surface area contributed by atoms with Crippen LogP contribution in [0, 0.1) is 5.92 Å². The second-order valence-electron chi connectivity index (χ2n) is 5.70. The molecule has 0 saturated heterocycles. The summed E-state index contributed by atoms with van der Waals surface area (Å²) in [5.74, 6) is 0.370. The molecule has 0 aliphatic carbocycles. The Balaban J connectivity index is 2.06. The van der Waals surface area contributed by atoms with Gasteiger partial charge in [-0.3, -0.25) is 4.79 Å². The van der Waals surface area contributed by atoms with Crippen LogP contribution in [-0.4, -0.2) is 13.0 Å². The van der Waals surface area contributed by atoms with Gasteiger partial charge in [-0.15, -0.1) is 0 Å². The molecule has 4 heteroatoms. The first-order valence-corrected chi connectivity index (χ1v) is 7.78. The van der Waals surface area contributed by atoms with Crippen LogP contribution in [-0.2, 0) is 4.79 Å². The molecule has 0 aliphatic heterocycles. The number of nitrogens with one attached hydrogen (secondary N) is 1. The molecular weight excluding hydrogens is 288 g/mol. The summed E-state index contributed by atoms with van der Waals surface area (Å²) < 4.78 is 5.35. The van der Waals surface area contributed by atoms with Crippen LogP contribution in [0.3, 0.4) is 0 Å². The lowest BCUT2D eigenvalue weighted by molar-refractivity contribution is -0.125. The minimum Gasteiger partial charge on any atom is -0.496 e. The molecule has 0 saturated carbocycles. The maximum absolute atomic E-state index is 12.5. The Morgan fingerprint density at radius 3 is 2.30 bits per heavy atom. The zero-order valence-electron chi connectivity index (χ0n) is 13.8.